The van der Waals surface area contributed by atoms with E-state index in [1.54, 1.807) is 0 Å². The third-order valence-corrected chi connectivity index (χ3v) is 3.37. The maximum atomic E-state index is 13.4. The molecule has 0 saturated heterocycles. The first kappa shape index (κ1) is 25.4. The van der Waals surface area contributed by atoms with Crippen molar-refractivity contribution in [3.05, 3.63) is 12.7 Å². The molecule has 0 atom stereocenters. The fourth-order valence-electron chi connectivity index (χ4n) is 1.57. The first-order chi connectivity index (χ1) is 11.8. The number of hydrogen-bond acceptors (Lipinski definition) is 2. The van der Waals surface area contributed by atoms with Gasteiger partial charge in [0, 0.05) is 12.5 Å². The molecule has 0 fully saturated rings. The summed E-state index contributed by atoms with van der Waals surface area (Å²) in [5.74, 6) is -43.0. The van der Waals surface area contributed by atoms with Crippen LogP contribution in [-0.2, 0) is 9.53 Å². The summed E-state index contributed by atoms with van der Waals surface area (Å²) in [7, 11) is 0. The van der Waals surface area contributed by atoms with Gasteiger partial charge in [0.05, 0.1) is 13.0 Å². The second kappa shape index (κ2) is 7.41. The predicted octanol–water partition coefficient (Wildman–Crippen LogP) is 5.33. The van der Waals surface area contributed by atoms with E-state index in [0.29, 0.717) is 6.08 Å². The van der Waals surface area contributed by atoms with E-state index < -0.39 is 61.0 Å². The molecule has 0 unspecified atom stereocenters. The van der Waals surface area contributed by atoms with Crippen LogP contribution in [0.5, 0.6) is 0 Å². The van der Waals surface area contributed by atoms with Gasteiger partial charge in [-0.3, -0.25) is 0 Å². The second-order valence-electron chi connectivity index (χ2n) is 5.18. The van der Waals surface area contributed by atoms with Gasteiger partial charge >= 0.3 is 41.5 Å². The summed E-state index contributed by atoms with van der Waals surface area (Å²) >= 11 is 0. The predicted molar refractivity (Wildman–Crippen MR) is 65.7 cm³/mol. The van der Waals surface area contributed by atoms with Crippen molar-refractivity contribution in [2.45, 2.75) is 55.3 Å². The van der Waals surface area contributed by atoms with Crippen LogP contribution >= 0.6 is 0 Å². The molecular weight excluding hydrogens is 416 g/mol. The molecule has 0 saturated carbocycles. The van der Waals surface area contributed by atoms with E-state index in [9.17, 15) is 57.5 Å². The van der Waals surface area contributed by atoms with Crippen LogP contribution in [0.4, 0.5) is 52.7 Å². The minimum Gasteiger partial charge on any atom is -0.462 e. The molecule has 2 nitrogen and oxygen atoms in total. The van der Waals surface area contributed by atoms with Crippen molar-refractivity contribution in [1.29, 1.82) is 0 Å². The van der Waals surface area contributed by atoms with Gasteiger partial charge in [-0.1, -0.05) is 13.5 Å². The van der Waals surface area contributed by atoms with Crippen molar-refractivity contribution >= 4 is 5.97 Å². The molecule has 0 rings (SSSR count). The number of alkyl halides is 12. The number of ether oxygens (including phenoxy) is 1. The van der Waals surface area contributed by atoms with E-state index in [-0.39, 0.29) is 6.92 Å². The van der Waals surface area contributed by atoms with Gasteiger partial charge < -0.3 is 4.74 Å². The Bertz CT molecular complexity index is 555. The zero-order valence-corrected chi connectivity index (χ0v) is 13.3. The van der Waals surface area contributed by atoms with Gasteiger partial charge in [-0.2, -0.15) is 52.7 Å². The second-order valence-corrected chi connectivity index (χ2v) is 5.18. The summed E-state index contributed by atoms with van der Waals surface area (Å²) in [6, 6.07) is 0. The third-order valence-electron chi connectivity index (χ3n) is 3.37. The summed E-state index contributed by atoms with van der Waals surface area (Å²) in [6.07, 6.45) is -4.32. The van der Waals surface area contributed by atoms with Crippen LogP contribution in [0.3, 0.4) is 0 Å². The lowest BCUT2D eigenvalue weighted by molar-refractivity contribution is -0.425. The Morgan fingerprint density at radius 2 is 1.15 bits per heavy atom. The molecule has 0 aliphatic rings. The van der Waals surface area contributed by atoms with Crippen molar-refractivity contribution in [2.24, 2.45) is 0 Å². The van der Waals surface area contributed by atoms with E-state index in [1.165, 1.54) is 0 Å². The Kier molecular flexibility index (Phi) is 6.97. The molecule has 27 heavy (non-hydrogen) atoms. The Morgan fingerprint density at radius 3 is 1.48 bits per heavy atom. The normalized spacial score (nSPS) is 14.9. The molecule has 0 aromatic heterocycles. The third kappa shape index (κ3) is 3.98. The lowest BCUT2D eigenvalue weighted by Crippen LogP contribution is -2.70. The first-order valence-electron chi connectivity index (χ1n) is 6.83. The number of hydrogen-bond donors (Lipinski definition) is 0. The number of carbonyl (C=O) groups excluding carboxylic acids is 1. The highest BCUT2D eigenvalue weighted by atomic mass is 19.4. The number of halogens is 12. The van der Waals surface area contributed by atoms with Crippen LogP contribution in [0.1, 0.15) is 19.8 Å². The van der Waals surface area contributed by atoms with Crippen LogP contribution in [0.15, 0.2) is 12.7 Å². The Balaban J connectivity index is 5.93. The lowest BCUT2D eigenvalue weighted by atomic mass is 9.90. The number of carbonyl (C=O) groups is 1. The van der Waals surface area contributed by atoms with Crippen LogP contribution in [-0.4, -0.2) is 48.1 Å². The van der Waals surface area contributed by atoms with Gasteiger partial charge in [-0.25, -0.2) is 4.79 Å². The van der Waals surface area contributed by atoms with E-state index >= 15 is 0 Å². The van der Waals surface area contributed by atoms with Gasteiger partial charge in [0.25, 0.3) is 0 Å². The Hall–Kier alpha value is -1.63. The molecule has 0 radical (unpaired) electrons. The summed E-state index contributed by atoms with van der Waals surface area (Å²) in [6.45, 7) is 1.21. The maximum Gasteiger partial charge on any atom is 0.384 e. The highest BCUT2D eigenvalue weighted by Crippen LogP contribution is 2.60. The Morgan fingerprint density at radius 1 is 0.778 bits per heavy atom. The topological polar surface area (TPSA) is 26.3 Å². The van der Waals surface area contributed by atoms with Crippen molar-refractivity contribution in [2.75, 3.05) is 6.61 Å². The summed E-state index contributed by atoms with van der Waals surface area (Å²) in [4.78, 5) is 10.6. The standard InChI is InChI=1S/C13H12F12O2/c1-3-7(26)27-6-5-9(16,17)11(20,21)13(24,25)12(22,23)10(18,19)8(14,15)4-2/h3H,1,4-6H2,2H3. The average Bonchev–Trinajstić information content (AvgIpc) is 2.53. The molecule has 0 spiro atoms. The fourth-order valence-corrected chi connectivity index (χ4v) is 1.57. The molecule has 0 heterocycles. The molecule has 0 bridgehead atoms. The molecule has 14 heteroatoms. The molecule has 0 amide bonds. The molecule has 0 aliphatic heterocycles. The Labute approximate surface area is 144 Å². The van der Waals surface area contributed by atoms with E-state index in [0.717, 1.165) is 0 Å². The minimum absolute atomic E-state index is 0.156. The van der Waals surface area contributed by atoms with Crippen LogP contribution in [0, 0.1) is 0 Å². The molecule has 0 N–H and O–H groups in total. The monoisotopic (exact) mass is 428 g/mol. The highest BCUT2D eigenvalue weighted by Gasteiger charge is 2.89. The smallest absolute Gasteiger partial charge is 0.384 e. The average molecular weight is 428 g/mol. The van der Waals surface area contributed by atoms with Crippen molar-refractivity contribution in [3.63, 3.8) is 0 Å². The zero-order valence-electron chi connectivity index (χ0n) is 13.3. The summed E-state index contributed by atoms with van der Waals surface area (Å²) in [5.41, 5.74) is 0. The van der Waals surface area contributed by atoms with Gasteiger partial charge in [0.2, 0.25) is 0 Å². The molecule has 0 aromatic rings. The van der Waals surface area contributed by atoms with Crippen molar-refractivity contribution in [1.82, 2.24) is 0 Å². The SMILES string of the molecule is C=CC(=O)OCCC(F)(F)C(F)(F)C(F)(F)C(F)(F)C(F)(F)C(F)(F)CC. The number of rotatable bonds is 10. The minimum atomic E-state index is -7.60. The molecule has 0 aromatic carbocycles. The van der Waals surface area contributed by atoms with Crippen LogP contribution in [0.2, 0.25) is 0 Å². The van der Waals surface area contributed by atoms with Gasteiger partial charge in [0.15, 0.2) is 0 Å². The summed E-state index contributed by atoms with van der Waals surface area (Å²) in [5, 5.41) is 0. The van der Waals surface area contributed by atoms with E-state index in [4.69, 9.17) is 0 Å². The lowest BCUT2D eigenvalue weighted by Gasteiger charge is -2.41. The highest BCUT2D eigenvalue weighted by molar-refractivity contribution is 5.81. The van der Waals surface area contributed by atoms with Gasteiger partial charge in [-0.15, -0.1) is 0 Å². The molecule has 0 aliphatic carbocycles. The van der Waals surface area contributed by atoms with Crippen molar-refractivity contribution < 1.29 is 62.2 Å². The summed E-state index contributed by atoms with van der Waals surface area (Å²) < 4.78 is 163. The molecular formula is C13H12F12O2. The van der Waals surface area contributed by atoms with Crippen molar-refractivity contribution in [3.8, 4) is 0 Å². The maximum absolute atomic E-state index is 13.4. The number of esters is 1. The largest absolute Gasteiger partial charge is 0.462 e. The van der Waals surface area contributed by atoms with Gasteiger partial charge in [-0.05, 0) is 0 Å². The zero-order chi connectivity index (χ0) is 22.1. The first-order valence-corrected chi connectivity index (χ1v) is 6.83. The van der Waals surface area contributed by atoms with Crippen LogP contribution in [0.25, 0.3) is 0 Å². The van der Waals surface area contributed by atoms with E-state index in [1.807, 2.05) is 0 Å². The van der Waals surface area contributed by atoms with Gasteiger partial charge in [0.1, 0.15) is 0 Å². The fraction of sp³-hybridized carbons (Fsp3) is 0.769. The quantitative estimate of drug-likeness (QED) is 0.267. The molecule has 160 valence electrons. The van der Waals surface area contributed by atoms with Crippen LogP contribution < -0.4 is 0 Å². The van der Waals surface area contributed by atoms with E-state index in [2.05, 4.69) is 11.3 Å².